The van der Waals surface area contributed by atoms with Gasteiger partial charge in [0.05, 0.1) is 18.2 Å². The van der Waals surface area contributed by atoms with Gasteiger partial charge in [0.2, 0.25) is 0 Å². The van der Waals surface area contributed by atoms with E-state index >= 15 is 0 Å². The second-order valence-electron chi connectivity index (χ2n) is 4.10. The van der Waals surface area contributed by atoms with Gasteiger partial charge in [-0.1, -0.05) is 13.3 Å². The Kier molecular flexibility index (Phi) is 3.88. The first-order valence-electron chi connectivity index (χ1n) is 5.99. The van der Waals surface area contributed by atoms with Crippen molar-refractivity contribution >= 4 is 0 Å². The van der Waals surface area contributed by atoms with Gasteiger partial charge in [-0.3, -0.25) is 4.98 Å². The summed E-state index contributed by atoms with van der Waals surface area (Å²) in [6.45, 7) is 2.81. The Balaban J connectivity index is 2.34. The van der Waals surface area contributed by atoms with Crippen LogP contribution in [0.3, 0.4) is 0 Å². The molecular formula is C13H18N4. The van der Waals surface area contributed by atoms with Crippen LogP contribution in [-0.2, 0) is 0 Å². The molecule has 1 unspecified atom stereocenters. The molecule has 2 rings (SSSR count). The van der Waals surface area contributed by atoms with Crippen LogP contribution in [0.1, 0.15) is 25.8 Å². The molecule has 0 aromatic carbocycles. The molecule has 0 amide bonds. The Bertz CT molecular complexity index is 449. The second kappa shape index (κ2) is 5.59. The van der Waals surface area contributed by atoms with Crippen molar-refractivity contribution in [1.82, 2.24) is 14.5 Å². The summed E-state index contributed by atoms with van der Waals surface area (Å²) in [4.78, 5) is 8.27. The van der Waals surface area contributed by atoms with Crippen LogP contribution in [0.25, 0.3) is 11.3 Å². The van der Waals surface area contributed by atoms with Gasteiger partial charge < -0.3 is 10.3 Å². The molecule has 0 spiro atoms. The summed E-state index contributed by atoms with van der Waals surface area (Å²) in [5.74, 6) is 0. The summed E-state index contributed by atoms with van der Waals surface area (Å²) in [6, 6.07) is 4.31. The summed E-state index contributed by atoms with van der Waals surface area (Å²) in [6.07, 6.45) is 9.53. The molecule has 0 aliphatic heterocycles. The Labute approximate surface area is 102 Å². The van der Waals surface area contributed by atoms with Crippen molar-refractivity contribution in [2.45, 2.75) is 25.8 Å². The molecule has 4 nitrogen and oxygen atoms in total. The molecule has 2 N–H and O–H groups in total. The maximum Gasteiger partial charge on any atom is 0.0954 e. The van der Waals surface area contributed by atoms with E-state index < -0.39 is 0 Å². The third-order valence-electron chi connectivity index (χ3n) is 2.93. The molecule has 2 heterocycles. The summed E-state index contributed by atoms with van der Waals surface area (Å²) >= 11 is 0. The molecule has 90 valence electrons. The van der Waals surface area contributed by atoms with Gasteiger partial charge in [-0.05, 0) is 18.6 Å². The molecule has 0 saturated carbocycles. The van der Waals surface area contributed by atoms with Crippen molar-refractivity contribution in [2.75, 3.05) is 6.54 Å². The first-order chi connectivity index (χ1) is 8.36. The van der Waals surface area contributed by atoms with E-state index in [0.29, 0.717) is 12.6 Å². The highest BCUT2D eigenvalue weighted by molar-refractivity contribution is 5.58. The lowest BCUT2D eigenvalue weighted by Gasteiger charge is -2.18. The van der Waals surface area contributed by atoms with Crippen LogP contribution in [-0.4, -0.2) is 21.1 Å². The zero-order valence-electron chi connectivity index (χ0n) is 10.1. The van der Waals surface area contributed by atoms with Gasteiger partial charge in [-0.25, -0.2) is 4.98 Å². The molecule has 0 bridgehead atoms. The van der Waals surface area contributed by atoms with Crippen LogP contribution in [0.4, 0.5) is 0 Å². The average Bonchev–Trinajstić information content (AvgIpc) is 2.86. The van der Waals surface area contributed by atoms with Gasteiger partial charge in [-0.15, -0.1) is 0 Å². The fourth-order valence-corrected chi connectivity index (χ4v) is 2.05. The third kappa shape index (κ3) is 2.53. The topological polar surface area (TPSA) is 56.7 Å². The Hall–Kier alpha value is -1.68. The molecule has 4 heteroatoms. The van der Waals surface area contributed by atoms with E-state index in [0.717, 1.165) is 24.1 Å². The minimum atomic E-state index is 0.325. The largest absolute Gasteiger partial charge is 0.328 e. The molecule has 0 aliphatic rings. The van der Waals surface area contributed by atoms with E-state index in [9.17, 15) is 0 Å². The molecule has 0 aliphatic carbocycles. The van der Waals surface area contributed by atoms with Crippen molar-refractivity contribution in [3.8, 4) is 11.3 Å². The van der Waals surface area contributed by atoms with Gasteiger partial charge in [0.15, 0.2) is 0 Å². The number of rotatable bonds is 5. The SMILES string of the molecule is CCCC(CN)n1cncc1-c1ccncc1. The smallest absolute Gasteiger partial charge is 0.0954 e. The van der Waals surface area contributed by atoms with Crippen LogP contribution in [0.2, 0.25) is 0 Å². The monoisotopic (exact) mass is 230 g/mol. The van der Waals surface area contributed by atoms with Gasteiger partial charge in [0.25, 0.3) is 0 Å². The van der Waals surface area contributed by atoms with Crippen molar-refractivity contribution < 1.29 is 0 Å². The van der Waals surface area contributed by atoms with Crippen LogP contribution in [0.5, 0.6) is 0 Å². The molecule has 2 aromatic rings. The molecule has 0 fully saturated rings. The zero-order chi connectivity index (χ0) is 12.1. The molecular weight excluding hydrogens is 212 g/mol. The number of hydrogen-bond donors (Lipinski definition) is 1. The summed E-state index contributed by atoms with van der Waals surface area (Å²) in [5.41, 5.74) is 8.08. The number of aromatic nitrogens is 3. The Morgan fingerprint density at radius 1 is 1.29 bits per heavy atom. The lowest BCUT2D eigenvalue weighted by molar-refractivity contribution is 0.473. The van der Waals surface area contributed by atoms with Gasteiger partial charge in [0, 0.05) is 30.5 Å². The van der Waals surface area contributed by atoms with Gasteiger partial charge >= 0.3 is 0 Å². The van der Waals surface area contributed by atoms with Crippen LogP contribution in [0.15, 0.2) is 37.1 Å². The molecule has 0 radical (unpaired) electrons. The zero-order valence-corrected chi connectivity index (χ0v) is 10.1. The van der Waals surface area contributed by atoms with E-state index in [-0.39, 0.29) is 0 Å². The van der Waals surface area contributed by atoms with E-state index in [2.05, 4.69) is 21.5 Å². The third-order valence-corrected chi connectivity index (χ3v) is 2.93. The van der Waals surface area contributed by atoms with Crippen LogP contribution < -0.4 is 5.73 Å². The first kappa shape index (κ1) is 11.8. The van der Waals surface area contributed by atoms with E-state index in [1.54, 1.807) is 12.4 Å². The van der Waals surface area contributed by atoms with Crippen molar-refractivity contribution in [3.05, 3.63) is 37.1 Å². The summed E-state index contributed by atoms with van der Waals surface area (Å²) < 4.78 is 2.17. The van der Waals surface area contributed by atoms with E-state index in [1.807, 2.05) is 24.7 Å². The van der Waals surface area contributed by atoms with Crippen molar-refractivity contribution in [1.29, 1.82) is 0 Å². The highest BCUT2D eigenvalue weighted by atomic mass is 15.1. The van der Waals surface area contributed by atoms with Crippen LogP contribution in [0, 0.1) is 0 Å². The number of hydrogen-bond acceptors (Lipinski definition) is 3. The summed E-state index contributed by atoms with van der Waals surface area (Å²) in [5, 5.41) is 0. The minimum absolute atomic E-state index is 0.325. The quantitative estimate of drug-likeness (QED) is 0.857. The number of pyridine rings is 1. The van der Waals surface area contributed by atoms with E-state index in [4.69, 9.17) is 5.73 Å². The standard InChI is InChI=1S/C13H18N4/c1-2-3-12(8-14)17-10-16-9-13(17)11-4-6-15-7-5-11/h4-7,9-10,12H,2-3,8,14H2,1H3. The van der Waals surface area contributed by atoms with Gasteiger partial charge in [0.1, 0.15) is 0 Å². The predicted octanol–water partition coefficient (Wildman–Crippen LogP) is 2.25. The number of imidazole rings is 1. The molecule has 2 aromatic heterocycles. The highest BCUT2D eigenvalue weighted by Gasteiger charge is 2.12. The molecule has 1 atom stereocenters. The lowest BCUT2D eigenvalue weighted by atomic mass is 10.1. The Morgan fingerprint density at radius 3 is 2.71 bits per heavy atom. The number of nitrogens with two attached hydrogens (primary N) is 1. The molecule has 17 heavy (non-hydrogen) atoms. The average molecular weight is 230 g/mol. The fraction of sp³-hybridized carbons (Fsp3) is 0.385. The van der Waals surface area contributed by atoms with Crippen molar-refractivity contribution in [3.63, 3.8) is 0 Å². The second-order valence-corrected chi connectivity index (χ2v) is 4.10. The maximum atomic E-state index is 5.84. The highest BCUT2D eigenvalue weighted by Crippen LogP contribution is 2.23. The lowest BCUT2D eigenvalue weighted by Crippen LogP contribution is -2.19. The minimum Gasteiger partial charge on any atom is -0.328 e. The summed E-state index contributed by atoms with van der Waals surface area (Å²) in [7, 11) is 0. The first-order valence-corrected chi connectivity index (χ1v) is 5.99. The van der Waals surface area contributed by atoms with Crippen LogP contribution >= 0.6 is 0 Å². The predicted molar refractivity (Wildman–Crippen MR) is 68.5 cm³/mol. The van der Waals surface area contributed by atoms with Gasteiger partial charge in [-0.2, -0.15) is 0 Å². The fourth-order valence-electron chi connectivity index (χ4n) is 2.05. The number of nitrogens with zero attached hydrogens (tertiary/aromatic N) is 3. The van der Waals surface area contributed by atoms with Crippen molar-refractivity contribution in [2.24, 2.45) is 5.73 Å². The normalized spacial score (nSPS) is 12.6. The van der Waals surface area contributed by atoms with E-state index in [1.165, 1.54) is 0 Å². The molecule has 0 saturated heterocycles. The maximum absolute atomic E-state index is 5.84. The Morgan fingerprint density at radius 2 is 2.06 bits per heavy atom.